The Morgan fingerprint density at radius 2 is 1.51 bits per heavy atom. The highest BCUT2D eigenvalue weighted by Crippen LogP contribution is 2.40. The second kappa shape index (κ2) is 15.9. The molecular weight excluding hydrogens is 693 g/mol. The molecule has 252 valence electrons. The molecule has 1 aromatic heterocycles. The van der Waals surface area contributed by atoms with Gasteiger partial charge in [0, 0.05) is 26.6 Å². The largest absolute Gasteiger partial charge is 0.462 e. The van der Waals surface area contributed by atoms with Crippen LogP contribution < -0.4 is 20.2 Å². The molecule has 0 fully saturated rings. The molecule has 0 unspecified atom stereocenters. The van der Waals surface area contributed by atoms with Crippen LogP contribution in [-0.4, -0.2) is 42.5 Å². The van der Waals surface area contributed by atoms with E-state index in [4.69, 9.17) is 37.4 Å². The summed E-state index contributed by atoms with van der Waals surface area (Å²) in [5.74, 6) is -3.76. The Morgan fingerprint density at radius 1 is 0.878 bits per heavy atom. The van der Waals surface area contributed by atoms with Crippen LogP contribution in [0.5, 0.6) is 11.5 Å². The average molecular weight is 723 g/mol. The predicted molar refractivity (Wildman–Crippen MR) is 185 cm³/mol. The molecule has 2 amide bonds. The van der Waals surface area contributed by atoms with Crippen molar-refractivity contribution in [2.24, 2.45) is 11.0 Å². The smallest absolute Gasteiger partial charge is 0.343 e. The first-order valence-corrected chi connectivity index (χ1v) is 16.6. The minimum atomic E-state index is -1.11. The summed E-state index contributed by atoms with van der Waals surface area (Å²) in [4.78, 5) is 65.0. The number of hydrogen-bond acceptors (Lipinski definition) is 10. The first-order valence-electron chi connectivity index (χ1n) is 15.1. The Morgan fingerprint density at radius 3 is 2.14 bits per heavy atom. The predicted octanol–water partition coefficient (Wildman–Crippen LogP) is 6.88. The number of fused-ring (bicyclic) bond motifs is 1. The number of nitrogens with zero attached hydrogens (tertiary/aromatic N) is 1. The molecule has 0 saturated carbocycles. The van der Waals surface area contributed by atoms with Gasteiger partial charge in [-0.2, -0.15) is 5.10 Å². The number of anilines is 1. The number of amides is 2. The molecule has 3 aromatic carbocycles. The minimum absolute atomic E-state index is 0.0462. The maximum absolute atomic E-state index is 12.9. The molecule has 1 aliphatic carbocycles. The third-order valence-corrected chi connectivity index (χ3v) is 9.03. The van der Waals surface area contributed by atoms with Crippen molar-refractivity contribution in [1.82, 2.24) is 5.43 Å². The number of carbonyl (C=O) groups is 5. The normalized spacial score (nSPS) is 13.7. The summed E-state index contributed by atoms with van der Waals surface area (Å²) in [5.41, 5.74) is 3.86. The summed E-state index contributed by atoms with van der Waals surface area (Å²) in [7, 11) is 0. The monoisotopic (exact) mass is 721 g/mol. The Balaban J connectivity index is 1.32. The highest BCUT2D eigenvalue weighted by atomic mass is 35.5. The van der Waals surface area contributed by atoms with Gasteiger partial charge in [-0.25, -0.2) is 19.8 Å². The van der Waals surface area contributed by atoms with Crippen LogP contribution in [0.25, 0.3) is 0 Å². The number of ether oxygens (including phenoxy) is 3. The topological polar surface area (TPSA) is 149 Å². The molecule has 1 atom stereocenters. The average Bonchev–Trinajstić information content (AvgIpc) is 3.43. The molecule has 0 saturated heterocycles. The summed E-state index contributed by atoms with van der Waals surface area (Å²) < 4.78 is 16.3. The molecule has 11 nitrogen and oxygen atoms in total. The second-order valence-electron chi connectivity index (χ2n) is 10.9. The first-order chi connectivity index (χ1) is 23.5. The molecule has 1 aliphatic rings. The number of hydrogen-bond donors (Lipinski definition) is 2. The van der Waals surface area contributed by atoms with E-state index in [1.807, 2.05) is 0 Å². The van der Waals surface area contributed by atoms with Gasteiger partial charge in [0.25, 0.3) is 0 Å². The van der Waals surface area contributed by atoms with E-state index < -0.39 is 29.7 Å². The zero-order valence-corrected chi connectivity index (χ0v) is 28.5. The summed E-state index contributed by atoms with van der Waals surface area (Å²) in [6.07, 6.45) is 3.46. The van der Waals surface area contributed by atoms with Crippen LogP contribution in [-0.2, 0) is 27.2 Å². The Hall–Kier alpha value is -5.04. The molecule has 0 bridgehead atoms. The van der Waals surface area contributed by atoms with Crippen LogP contribution in [0, 0.1) is 5.92 Å². The third-order valence-electron chi connectivity index (χ3n) is 7.35. The van der Waals surface area contributed by atoms with Gasteiger partial charge in [-0.3, -0.25) is 9.59 Å². The van der Waals surface area contributed by atoms with E-state index in [1.54, 1.807) is 19.1 Å². The zero-order valence-electron chi connectivity index (χ0n) is 26.2. The van der Waals surface area contributed by atoms with Crippen LogP contribution in [0.1, 0.15) is 67.3 Å². The molecule has 1 heterocycles. The number of hydrazone groups is 1. The van der Waals surface area contributed by atoms with Gasteiger partial charge in [-0.15, -0.1) is 11.3 Å². The standard InChI is InChI=1S/C35H29Cl2N3O8S/c1-3-46-35(45)29-26-15-4-19(2)16-28(26)49-32(29)39-30(41)31(42)40-38-18-22-9-14-25(47-33(43)20-5-10-23(36)11-6-20)17-27(22)48-34(44)21-7-12-24(37)13-8-21/h5-14,17-19H,3-4,15-16H2,1-2H3,(H,39,41)(H,40,42)/b38-18-/t19-/m1/s1. The summed E-state index contributed by atoms with van der Waals surface area (Å²) in [6, 6.07) is 16.2. The molecule has 2 N–H and O–H groups in total. The summed E-state index contributed by atoms with van der Waals surface area (Å²) >= 11 is 13.1. The molecule has 0 spiro atoms. The number of benzene rings is 3. The number of carbonyl (C=O) groups excluding carboxylic acids is 5. The van der Waals surface area contributed by atoms with Crippen LogP contribution in [0.2, 0.25) is 10.0 Å². The van der Waals surface area contributed by atoms with Gasteiger partial charge in [-0.05, 0) is 98.3 Å². The number of thiophene rings is 1. The van der Waals surface area contributed by atoms with Crippen molar-refractivity contribution in [2.45, 2.75) is 33.1 Å². The summed E-state index contributed by atoms with van der Waals surface area (Å²) in [5, 5.41) is 7.50. The Kier molecular flexibility index (Phi) is 11.4. The van der Waals surface area contributed by atoms with Gasteiger partial charge in [-0.1, -0.05) is 30.1 Å². The molecule has 0 aliphatic heterocycles. The zero-order chi connectivity index (χ0) is 35.1. The lowest BCUT2D eigenvalue weighted by Crippen LogP contribution is -2.32. The van der Waals surface area contributed by atoms with Crippen LogP contribution in [0.4, 0.5) is 5.00 Å². The van der Waals surface area contributed by atoms with Gasteiger partial charge >= 0.3 is 29.7 Å². The van der Waals surface area contributed by atoms with E-state index in [0.717, 1.165) is 29.5 Å². The fourth-order valence-electron chi connectivity index (χ4n) is 4.90. The molecule has 49 heavy (non-hydrogen) atoms. The van der Waals surface area contributed by atoms with Crippen LogP contribution >= 0.6 is 34.5 Å². The molecule has 5 rings (SSSR count). The summed E-state index contributed by atoms with van der Waals surface area (Å²) in [6.45, 7) is 3.96. The van der Waals surface area contributed by atoms with E-state index in [1.165, 1.54) is 65.9 Å². The number of nitrogens with one attached hydrogen (secondary N) is 2. The van der Waals surface area contributed by atoms with Crippen molar-refractivity contribution < 1.29 is 38.2 Å². The molecule has 0 radical (unpaired) electrons. The van der Waals surface area contributed by atoms with Crippen molar-refractivity contribution in [3.8, 4) is 11.5 Å². The molecule has 4 aromatic rings. The Bertz CT molecular complexity index is 1940. The fraction of sp³-hybridized carbons (Fsp3) is 0.200. The van der Waals surface area contributed by atoms with E-state index in [0.29, 0.717) is 22.4 Å². The number of halogens is 2. The quantitative estimate of drug-likeness (QED) is 0.0624. The van der Waals surface area contributed by atoms with Crippen molar-refractivity contribution >= 4 is 75.5 Å². The minimum Gasteiger partial charge on any atom is -0.462 e. The number of esters is 3. The van der Waals surface area contributed by atoms with E-state index in [-0.39, 0.29) is 45.4 Å². The fourth-order valence-corrected chi connectivity index (χ4v) is 6.54. The number of rotatable bonds is 9. The van der Waals surface area contributed by atoms with Gasteiger partial charge in [0.2, 0.25) is 0 Å². The van der Waals surface area contributed by atoms with Crippen molar-refractivity contribution in [3.05, 3.63) is 109 Å². The first kappa shape index (κ1) is 35.3. The van der Waals surface area contributed by atoms with E-state index >= 15 is 0 Å². The van der Waals surface area contributed by atoms with Crippen molar-refractivity contribution in [1.29, 1.82) is 0 Å². The van der Waals surface area contributed by atoms with Gasteiger partial charge in [0.05, 0.1) is 29.5 Å². The maximum Gasteiger partial charge on any atom is 0.343 e. The highest BCUT2D eigenvalue weighted by Gasteiger charge is 2.30. The highest BCUT2D eigenvalue weighted by molar-refractivity contribution is 7.17. The Labute approximate surface area is 295 Å². The van der Waals surface area contributed by atoms with Gasteiger partial charge in [0.1, 0.15) is 16.5 Å². The SMILES string of the molecule is CCOC(=O)c1c(NC(=O)C(=O)N/N=C\c2ccc(OC(=O)c3ccc(Cl)cc3)cc2OC(=O)c2ccc(Cl)cc2)sc2c1CC[C@@H](C)C2. The van der Waals surface area contributed by atoms with Crippen LogP contribution in [0.3, 0.4) is 0 Å². The molecule has 14 heteroatoms. The molecular formula is C35H29Cl2N3O8S. The lowest BCUT2D eigenvalue weighted by atomic mass is 9.88. The van der Waals surface area contributed by atoms with Crippen molar-refractivity contribution in [2.75, 3.05) is 11.9 Å². The third kappa shape index (κ3) is 8.91. The second-order valence-corrected chi connectivity index (χ2v) is 12.9. The lowest BCUT2D eigenvalue weighted by molar-refractivity contribution is -0.136. The van der Waals surface area contributed by atoms with Gasteiger partial charge < -0.3 is 19.5 Å². The van der Waals surface area contributed by atoms with E-state index in [9.17, 15) is 24.0 Å². The van der Waals surface area contributed by atoms with Crippen molar-refractivity contribution in [3.63, 3.8) is 0 Å². The maximum atomic E-state index is 12.9. The lowest BCUT2D eigenvalue weighted by Gasteiger charge is -2.18. The van der Waals surface area contributed by atoms with Crippen LogP contribution in [0.15, 0.2) is 71.8 Å². The van der Waals surface area contributed by atoms with Gasteiger partial charge in [0.15, 0.2) is 0 Å². The van der Waals surface area contributed by atoms with E-state index in [2.05, 4.69) is 22.8 Å².